The average molecular weight is 207 g/mol. The third-order valence-corrected chi connectivity index (χ3v) is 2.26. The fraction of sp³-hybridized carbons (Fsp3) is 0.500. The van der Waals surface area contributed by atoms with Crippen LogP contribution in [0, 0.1) is 11.8 Å². The highest BCUT2D eigenvalue weighted by Crippen LogP contribution is 2.24. The van der Waals surface area contributed by atoms with Gasteiger partial charge in [0, 0.05) is 0 Å². The molecule has 0 aromatic heterocycles. The Morgan fingerprint density at radius 2 is 1.27 bits per heavy atom. The SMILES string of the molecule is CC(C)=CC1C(=O)NC(=O)C1C=C(C)C. The van der Waals surface area contributed by atoms with E-state index in [0.29, 0.717) is 0 Å². The van der Waals surface area contributed by atoms with E-state index in [1.807, 2.05) is 39.8 Å². The summed E-state index contributed by atoms with van der Waals surface area (Å²) in [5, 5.41) is 2.36. The summed E-state index contributed by atoms with van der Waals surface area (Å²) < 4.78 is 0. The molecule has 2 amide bonds. The third-order valence-electron chi connectivity index (χ3n) is 2.26. The number of carbonyl (C=O) groups excluding carboxylic acids is 2. The fourth-order valence-corrected chi connectivity index (χ4v) is 1.69. The zero-order valence-corrected chi connectivity index (χ0v) is 9.63. The number of amides is 2. The molecule has 1 saturated heterocycles. The van der Waals surface area contributed by atoms with E-state index in [0.717, 1.165) is 11.1 Å². The Hall–Kier alpha value is -1.38. The molecule has 0 radical (unpaired) electrons. The summed E-state index contributed by atoms with van der Waals surface area (Å²) in [6.07, 6.45) is 3.70. The maximum absolute atomic E-state index is 11.5. The van der Waals surface area contributed by atoms with E-state index in [1.165, 1.54) is 0 Å². The standard InChI is InChI=1S/C12H17NO2/c1-7(2)5-9-10(6-8(3)4)12(15)13-11(9)14/h5-6,9-10H,1-4H3,(H,13,14,15). The maximum atomic E-state index is 11.5. The number of hydrogen-bond donors (Lipinski definition) is 1. The van der Waals surface area contributed by atoms with Gasteiger partial charge >= 0.3 is 0 Å². The van der Waals surface area contributed by atoms with Crippen LogP contribution in [0.1, 0.15) is 27.7 Å². The Morgan fingerprint density at radius 1 is 0.933 bits per heavy atom. The Balaban J connectivity index is 3.00. The summed E-state index contributed by atoms with van der Waals surface area (Å²) in [6.45, 7) is 7.70. The van der Waals surface area contributed by atoms with Crippen LogP contribution in [0.2, 0.25) is 0 Å². The van der Waals surface area contributed by atoms with Crippen LogP contribution < -0.4 is 5.32 Å². The summed E-state index contributed by atoms with van der Waals surface area (Å²) in [5.41, 5.74) is 2.11. The maximum Gasteiger partial charge on any atom is 0.234 e. The van der Waals surface area contributed by atoms with Gasteiger partial charge in [-0.25, -0.2) is 0 Å². The highest BCUT2D eigenvalue weighted by atomic mass is 16.2. The summed E-state index contributed by atoms with van der Waals surface area (Å²) >= 11 is 0. The Labute approximate surface area is 90.2 Å². The van der Waals surface area contributed by atoms with Crippen LogP contribution in [0.4, 0.5) is 0 Å². The molecule has 0 aliphatic carbocycles. The first-order chi connectivity index (χ1) is 6.91. The molecule has 3 nitrogen and oxygen atoms in total. The van der Waals surface area contributed by atoms with E-state index in [-0.39, 0.29) is 23.7 Å². The van der Waals surface area contributed by atoms with Crippen molar-refractivity contribution in [1.82, 2.24) is 5.32 Å². The van der Waals surface area contributed by atoms with Crippen molar-refractivity contribution in [2.24, 2.45) is 11.8 Å². The molecule has 1 aliphatic heterocycles. The van der Waals surface area contributed by atoms with Crippen LogP contribution in [-0.2, 0) is 9.59 Å². The number of nitrogens with one attached hydrogen (secondary N) is 1. The molecule has 15 heavy (non-hydrogen) atoms. The molecule has 0 spiro atoms. The predicted molar refractivity (Wildman–Crippen MR) is 59.0 cm³/mol. The van der Waals surface area contributed by atoms with Gasteiger partial charge in [0.1, 0.15) is 0 Å². The zero-order chi connectivity index (χ0) is 11.6. The van der Waals surface area contributed by atoms with Crippen LogP contribution in [0.15, 0.2) is 23.3 Å². The Bertz CT molecular complexity index is 311. The second kappa shape index (κ2) is 4.43. The van der Waals surface area contributed by atoms with E-state index in [4.69, 9.17) is 0 Å². The third kappa shape index (κ3) is 2.78. The summed E-state index contributed by atoms with van der Waals surface area (Å²) in [6, 6.07) is 0. The molecule has 0 saturated carbocycles. The van der Waals surface area contributed by atoms with Crippen LogP contribution in [0.25, 0.3) is 0 Å². The lowest BCUT2D eigenvalue weighted by Crippen LogP contribution is -2.21. The normalized spacial score (nSPS) is 24.8. The van der Waals surface area contributed by atoms with Gasteiger partial charge < -0.3 is 0 Å². The highest BCUT2D eigenvalue weighted by molar-refractivity contribution is 6.06. The fourth-order valence-electron chi connectivity index (χ4n) is 1.69. The number of carbonyl (C=O) groups is 2. The molecule has 0 aromatic rings. The molecule has 2 unspecified atom stereocenters. The lowest BCUT2D eigenvalue weighted by atomic mass is 9.91. The van der Waals surface area contributed by atoms with E-state index >= 15 is 0 Å². The lowest BCUT2D eigenvalue weighted by Gasteiger charge is -2.08. The average Bonchev–Trinajstić information content (AvgIpc) is 2.30. The Kier molecular flexibility index (Phi) is 3.45. The van der Waals surface area contributed by atoms with Gasteiger partial charge in [0.25, 0.3) is 0 Å². The van der Waals surface area contributed by atoms with Gasteiger partial charge in [-0.1, -0.05) is 23.3 Å². The van der Waals surface area contributed by atoms with Crippen molar-refractivity contribution in [2.45, 2.75) is 27.7 Å². The largest absolute Gasteiger partial charge is 0.295 e. The van der Waals surface area contributed by atoms with Gasteiger partial charge in [-0.2, -0.15) is 0 Å². The smallest absolute Gasteiger partial charge is 0.234 e. The molecular weight excluding hydrogens is 190 g/mol. The van der Waals surface area contributed by atoms with Gasteiger partial charge in [0.15, 0.2) is 0 Å². The first-order valence-electron chi connectivity index (χ1n) is 5.06. The van der Waals surface area contributed by atoms with Crippen LogP contribution in [0.5, 0.6) is 0 Å². The molecule has 1 rings (SSSR count). The minimum absolute atomic E-state index is 0.191. The first-order valence-corrected chi connectivity index (χ1v) is 5.06. The van der Waals surface area contributed by atoms with Crippen LogP contribution in [0.3, 0.4) is 0 Å². The first kappa shape index (κ1) is 11.7. The molecule has 1 aliphatic rings. The van der Waals surface area contributed by atoms with Gasteiger partial charge in [-0.3, -0.25) is 14.9 Å². The van der Waals surface area contributed by atoms with E-state index in [2.05, 4.69) is 5.32 Å². The molecule has 3 heteroatoms. The second-order valence-electron chi connectivity index (χ2n) is 4.39. The monoisotopic (exact) mass is 207 g/mol. The summed E-state index contributed by atoms with van der Waals surface area (Å²) in [5.74, 6) is -1.05. The van der Waals surface area contributed by atoms with E-state index in [9.17, 15) is 9.59 Å². The van der Waals surface area contributed by atoms with Gasteiger partial charge in [0.2, 0.25) is 11.8 Å². The number of hydrogen-bond acceptors (Lipinski definition) is 2. The molecule has 1 fully saturated rings. The van der Waals surface area contributed by atoms with Gasteiger partial charge in [-0.05, 0) is 27.7 Å². The molecule has 1 heterocycles. The number of imide groups is 1. The summed E-state index contributed by atoms with van der Waals surface area (Å²) in [7, 11) is 0. The van der Waals surface area contributed by atoms with Gasteiger partial charge in [-0.15, -0.1) is 0 Å². The molecule has 2 atom stereocenters. The van der Waals surface area contributed by atoms with E-state index in [1.54, 1.807) is 0 Å². The molecule has 1 N–H and O–H groups in total. The molecule has 82 valence electrons. The van der Waals surface area contributed by atoms with Crippen LogP contribution in [-0.4, -0.2) is 11.8 Å². The number of allylic oxidation sites excluding steroid dienone is 2. The molecular formula is C12H17NO2. The summed E-state index contributed by atoms with van der Waals surface area (Å²) in [4.78, 5) is 23.0. The van der Waals surface area contributed by atoms with Crippen molar-refractivity contribution in [3.63, 3.8) is 0 Å². The van der Waals surface area contributed by atoms with E-state index < -0.39 is 0 Å². The predicted octanol–water partition coefficient (Wildman–Crippen LogP) is 1.81. The van der Waals surface area contributed by atoms with Crippen LogP contribution >= 0.6 is 0 Å². The quantitative estimate of drug-likeness (QED) is 0.554. The Morgan fingerprint density at radius 3 is 1.53 bits per heavy atom. The second-order valence-corrected chi connectivity index (χ2v) is 4.39. The van der Waals surface area contributed by atoms with Gasteiger partial charge in [0.05, 0.1) is 11.8 Å². The molecule has 0 aromatic carbocycles. The van der Waals surface area contributed by atoms with Crippen molar-refractivity contribution in [2.75, 3.05) is 0 Å². The minimum atomic E-state index is -0.336. The topological polar surface area (TPSA) is 46.2 Å². The van der Waals surface area contributed by atoms with Crippen molar-refractivity contribution in [1.29, 1.82) is 0 Å². The zero-order valence-electron chi connectivity index (χ0n) is 9.63. The van der Waals surface area contributed by atoms with Crippen molar-refractivity contribution in [3.8, 4) is 0 Å². The van der Waals surface area contributed by atoms with Crippen molar-refractivity contribution >= 4 is 11.8 Å². The highest BCUT2D eigenvalue weighted by Gasteiger charge is 2.38. The minimum Gasteiger partial charge on any atom is -0.295 e. The lowest BCUT2D eigenvalue weighted by molar-refractivity contribution is -0.125. The molecule has 0 bridgehead atoms. The van der Waals surface area contributed by atoms with Crippen molar-refractivity contribution in [3.05, 3.63) is 23.3 Å². The van der Waals surface area contributed by atoms with Crippen molar-refractivity contribution < 1.29 is 9.59 Å². The number of rotatable bonds is 2.